The highest BCUT2D eigenvalue weighted by Crippen LogP contribution is 2.30. The first kappa shape index (κ1) is 16.7. The van der Waals surface area contributed by atoms with Gasteiger partial charge in [-0.1, -0.05) is 23.2 Å². The number of carbonyl (C=O) groups is 2. The Morgan fingerprint density at radius 1 is 1.40 bits per heavy atom. The number of alkyl carbamates (subject to hydrolysis) is 1. The van der Waals surface area contributed by atoms with Gasteiger partial charge in [0.25, 0.3) is 0 Å². The number of nitrogens with one attached hydrogen (secondary N) is 1. The minimum absolute atomic E-state index is 0.0305. The minimum Gasteiger partial charge on any atom is -0.444 e. The SMILES string of the molecule is CC(C)(C)OC(=O)N[C@@H](CC=O)c1c(Cl)cncc1Cl. The summed E-state index contributed by atoms with van der Waals surface area (Å²) in [5, 5.41) is 3.14. The number of amides is 1. The number of hydrogen-bond acceptors (Lipinski definition) is 4. The van der Waals surface area contributed by atoms with Crippen molar-refractivity contribution in [1.29, 1.82) is 0 Å². The smallest absolute Gasteiger partial charge is 0.408 e. The number of ether oxygens (including phenoxy) is 1. The third-order valence-corrected chi connectivity index (χ3v) is 2.86. The van der Waals surface area contributed by atoms with Crippen molar-refractivity contribution in [2.45, 2.75) is 38.8 Å². The highest BCUT2D eigenvalue weighted by Gasteiger charge is 2.23. The summed E-state index contributed by atoms with van der Waals surface area (Å²) in [6.07, 6.45) is 2.86. The second-order valence-electron chi connectivity index (χ2n) is 5.12. The number of carbonyl (C=O) groups excluding carboxylic acids is 2. The van der Waals surface area contributed by atoms with Crippen molar-refractivity contribution >= 4 is 35.6 Å². The first-order valence-electron chi connectivity index (χ1n) is 5.96. The lowest BCUT2D eigenvalue weighted by Gasteiger charge is -2.23. The van der Waals surface area contributed by atoms with Gasteiger partial charge in [0.15, 0.2) is 0 Å². The van der Waals surface area contributed by atoms with E-state index in [1.807, 2.05) is 0 Å². The summed E-state index contributed by atoms with van der Waals surface area (Å²) in [6, 6.07) is -0.662. The molecule has 5 nitrogen and oxygen atoms in total. The van der Waals surface area contributed by atoms with Gasteiger partial charge in [0, 0.05) is 24.4 Å². The summed E-state index contributed by atoms with van der Waals surface area (Å²) < 4.78 is 5.15. The van der Waals surface area contributed by atoms with Crippen molar-refractivity contribution in [3.63, 3.8) is 0 Å². The molecule has 0 aliphatic carbocycles. The molecule has 0 radical (unpaired) electrons. The molecule has 0 spiro atoms. The molecule has 1 amide bonds. The molecular weight excluding hydrogens is 303 g/mol. The van der Waals surface area contributed by atoms with Gasteiger partial charge >= 0.3 is 6.09 Å². The third kappa shape index (κ3) is 4.98. The lowest BCUT2D eigenvalue weighted by Crippen LogP contribution is -2.35. The number of aromatic nitrogens is 1. The van der Waals surface area contributed by atoms with Crippen LogP contribution in [0, 0.1) is 0 Å². The molecule has 0 saturated carbocycles. The van der Waals surface area contributed by atoms with Gasteiger partial charge in [0.2, 0.25) is 0 Å². The van der Waals surface area contributed by atoms with Crippen molar-refractivity contribution in [3.05, 3.63) is 28.0 Å². The van der Waals surface area contributed by atoms with Crippen LogP contribution in [0.4, 0.5) is 4.79 Å². The molecule has 0 saturated heterocycles. The van der Waals surface area contributed by atoms with Gasteiger partial charge in [-0.3, -0.25) is 4.98 Å². The van der Waals surface area contributed by atoms with E-state index < -0.39 is 17.7 Å². The third-order valence-electron chi connectivity index (χ3n) is 2.26. The molecule has 20 heavy (non-hydrogen) atoms. The van der Waals surface area contributed by atoms with Crippen LogP contribution in [0.15, 0.2) is 12.4 Å². The van der Waals surface area contributed by atoms with Crippen LogP contribution in [0.5, 0.6) is 0 Å². The minimum atomic E-state index is -0.662. The second kappa shape index (κ2) is 6.90. The molecule has 0 unspecified atom stereocenters. The summed E-state index contributed by atoms with van der Waals surface area (Å²) in [5.41, 5.74) is -0.192. The van der Waals surface area contributed by atoms with E-state index in [0.29, 0.717) is 11.8 Å². The van der Waals surface area contributed by atoms with Crippen LogP contribution in [-0.4, -0.2) is 23.0 Å². The fourth-order valence-corrected chi connectivity index (χ4v) is 2.18. The molecule has 1 aromatic heterocycles. The highest BCUT2D eigenvalue weighted by atomic mass is 35.5. The number of pyridine rings is 1. The molecular formula is C13H16Cl2N2O3. The van der Waals surface area contributed by atoms with Gasteiger partial charge < -0.3 is 14.8 Å². The van der Waals surface area contributed by atoms with E-state index in [1.165, 1.54) is 12.4 Å². The maximum Gasteiger partial charge on any atom is 0.408 e. The van der Waals surface area contributed by atoms with E-state index in [4.69, 9.17) is 27.9 Å². The first-order chi connectivity index (χ1) is 9.24. The van der Waals surface area contributed by atoms with E-state index in [0.717, 1.165) is 0 Å². The van der Waals surface area contributed by atoms with E-state index >= 15 is 0 Å². The Morgan fingerprint density at radius 2 is 1.95 bits per heavy atom. The van der Waals surface area contributed by atoms with Crippen molar-refractivity contribution in [2.75, 3.05) is 0 Å². The van der Waals surface area contributed by atoms with Crippen molar-refractivity contribution in [2.24, 2.45) is 0 Å². The molecule has 1 rings (SSSR count). The number of rotatable bonds is 4. The van der Waals surface area contributed by atoms with Crippen LogP contribution in [0.1, 0.15) is 38.8 Å². The molecule has 0 aromatic carbocycles. The number of nitrogens with zero attached hydrogens (tertiary/aromatic N) is 1. The van der Waals surface area contributed by atoms with E-state index in [9.17, 15) is 9.59 Å². The van der Waals surface area contributed by atoms with E-state index in [-0.39, 0.29) is 16.5 Å². The zero-order valence-electron chi connectivity index (χ0n) is 11.4. The standard InChI is InChI=1S/C13H16Cl2N2O3/c1-13(2,3)20-12(19)17-10(4-5-18)11-8(14)6-16-7-9(11)15/h5-7,10H,4H2,1-3H3,(H,17,19)/t10-/m0/s1. The molecule has 1 aromatic rings. The monoisotopic (exact) mass is 318 g/mol. The quantitative estimate of drug-likeness (QED) is 0.862. The van der Waals surface area contributed by atoms with Gasteiger partial charge in [-0.15, -0.1) is 0 Å². The normalized spacial score (nSPS) is 12.7. The summed E-state index contributed by atoms with van der Waals surface area (Å²) in [4.78, 5) is 26.4. The fourth-order valence-electron chi connectivity index (χ4n) is 1.55. The molecule has 7 heteroatoms. The average molecular weight is 319 g/mol. The molecule has 0 aliphatic rings. The van der Waals surface area contributed by atoms with Crippen LogP contribution >= 0.6 is 23.2 Å². The Balaban J connectivity index is 2.95. The van der Waals surface area contributed by atoms with Gasteiger partial charge in [0.05, 0.1) is 16.1 Å². The highest BCUT2D eigenvalue weighted by molar-refractivity contribution is 6.35. The molecule has 0 bridgehead atoms. The Labute approximate surface area is 127 Å². The molecule has 1 atom stereocenters. The summed E-state index contributed by atoms with van der Waals surface area (Å²) in [6.45, 7) is 5.23. The first-order valence-corrected chi connectivity index (χ1v) is 6.72. The van der Waals surface area contributed by atoms with Crippen molar-refractivity contribution < 1.29 is 14.3 Å². The van der Waals surface area contributed by atoms with Crippen molar-refractivity contribution in [3.8, 4) is 0 Å². The predicted molar refractivity (Wildman–Crippen MR) is 77.0 cm³/mol. The van der Waals surface area contributed by atoms with Crippen LogP contribution in [0.3, 0.4) is 0 Å². The Bertz CT molecular complexity index is 481. The van der Waals surface area contributed by atoms with Crippen molar-refractivity contribution in [1.82, 2.24) is 10.3 Å². The molecule has 110 valence electrons. The van der Waals surface area contributed by atoms with Gasteiger partial charge in [-0.05, 0) is 20.8 Å². The van der Waals surface area contributed by atoms with E-state index in [1.54, 1.807) is 20.8 Å². The van der Waals surface area contributed by atoms with Crippen LogP contribution in [0.2, 0.25) is 10.0 Å². The molecule has 1 N–H and O–H groups in total. The van der Waals surface area contributed by atoms with Gasteiger partial charge in [0.1, 0.15) is 11.9 Å². The van der Waals surface area contributed by atoms with Crippen LogP contribution < -0.4 is 5.32 Å². The Morgan fingerprint density at radius 3 is 2.40 bits per heavy atom. The average Bonchev–Trinajstić information content (AvgIpc) is 2.26. The van der Waals surface area contributed by atoms with Crippen LogP contribution in [0.25, 0.3) is 0 Å². The maximum atomic E-state index is 11.8. The molecule has 0 aliphatic heterocycles. The number of aldehydes is 1. The topological polar surface area (TPSA) is 68.3 Å². The number of halogens is 2. The number of hydrogen-bond donors (Lipinski definition) is 1. The zero-order chi connectivity index (χ0) is 15.3. The lowest BCUT2D eigenvalue weighted by atomic mass is 10.1. The summed E-state index contributed by atoms with van der Waals surface area (Å²) in [7, 11) is 0. The Kier molecular flexibility index (Phi) is 5.77. The van der Waals surface area contributed by atoms with E-state index in [2.05, 4.69) is 10.3 Å². The lowest BCUT2D eigenvalue weighted by molar-refractivity contribution is -0.108. The second-order valence-corrected chi connectivity index (χ2v) is 5.93. The molecule has 0 fully saturated rings. The maximum absolute atomic E-state index is 11.8. The predicted octanol–water partition coefficient (Wildman–Crippen LogP) is 3.54. The summed E-state index contributed by atoms with van der Waals surface area (Å²) >= 11 is 12.0. The van der Waals surface area contributed by atoms with Gasteiger partial charge in [-0.25, -0.2) is 4.79 Å². The Hall–Kier alpha value is -1.33. The zero-order valence-corrected chi connectivity index (χ0v) is 13.0. The van der Waals surface area contributed by atoms with Crippen LogP contribution in [-0.2, 0) is 9.53 Å². The summed E-state index contributed by atoms with van der Waals surface area (Å²) in [5.74, 6) is 0. The van der Waals surface area contributed by atoms with Gasteiger partial charge in [-0.2, -0.15) is 0 Å². The largest absolute Gasteiger partial charge is 0.444 e. The fraction of sp³-hybridized carbons (Fsp3) is 0.462. The molecule has 1 heterocycles.